The van der Waals surface area contributed by atoms with Gasteiger partial charge in [0, 0.05) is 12.7 Å². The van der Waals surface area contributed by atoms with E-state index in [9.17, 15) is 14.7 Å². The van der Waals surface area contributed by atoms with Crippen LogP contribution in [0.2, 0.25) is 0 Å². The molecule has 6 rings (SSSR count). The van der Waals surface area contributed by atoms with Gasteiger partial charge in [-0.1, -0.05) is 30.3 Å². The van der Waals surface area contributed by atoms with Crippen LogP contribution >= 0.6 is 0 Å². The van der Waals surface area contributed by atoms with E-state index in [0.717, 1.165) is 5.56 Å². The van der Waals surface area contributed by atoms with Crippen molar-refractivity contribution in [1.82, 2.24) is 34.8 Å². The Morgan fingerprint density at radius 2 is 2.00 bits per heavy atom. The Balaban J connectivity index is 1.39. The van der Waals surface area contributed by atoms with Gasteiger partial charge in [-0.3, -0.25) is 14.3 Å². The Hall–Kier alpha value is -5.11. The molecule has 0 unspecified atom stereocenters. The van der Waals surface area contributed by atoms with Gasteiger partial charge in [0.1, 0.15) is 17.9 Å². The fraction of sp³-hybridized carbons (Fsp3) is 0.200. The number of carbonyl (C=O) groups excluding carboxylic acids is 1. The number of aromatic nitrogens is 6. The van der Waals surface area contributed by atoms with Gasteiger partial charge in [0.15, 0.2) is 5.82 Å². The molecule has 0 fully saturated rings. The minimum Gasteiger partial charge on any atom is -0.423 e. The Bertz CT molecular complexity index is 1720. The van der Waals surface area contributed by atoms with Crippen molar-refractivity contribution in [2.24, 2.45) is 0 Å². The summed E-state index contributed by atoms with van der Waals surface area (Å²) in [5.74, 6) is -0.612. The largest absolute Gasteiger partial charge is 0.423 e. The molecular weight excluding hydrogens is 509 g/mol. The molecule has 0 bridgehead atoms. The maximum Gasteiger partial charge on any atom is 0.274 e. The second-order valence-corrected chi connectivity index (χ2v) is 8.77. The molecule has 0 aliphatic carbocycles. The predicted molar refractivity (Wildman–Crippen MR) is 138 cm³/mol. The van der Waals surface area contributed by atoms with E-state index < -0.39 is 11.9 Å². The number of nitrogens with zero attached hydrogens (tertiary/aromatic N) is 6. The number of fused-ring (bicyclic) bond motifs is 3. The fourth-order valence-corrected chi connectivity index (χ4v) is 4.54. The zero-order valence-corrected chi connectivity index (χ0v) is 20.3. The lowest BCUT2D eigenvalue weighted by atomic mass is 10.1. The van der Waals surface area contributed by atoms with Gasteiger partial charge in [0.25, 0.3) is 11.4 Å². The van der Waals surface area contributed by atoms with E-state index in [1.807, 2.05) is 30.3 Å². The molecule has 1 aliphatic heterocycles. The van der Waals surface area contributed by atoms with E-state index in [1.165, 1.54) is 34.1 Å². The van der Waals surface area contributed by atoms with Crippen LogP contribution in [0.5, 0.6) is 0 Å². The topological polar surface area (TPSA) is 165 Å². The maximum absolute atomic E-state index is 15.8. The van der Waals surface area contributed by atoms with Crippen LogP contribution in [-0.4, -0.2) is 53.7 Å². The van der Waals surface area contributed by atoms with Crippen LogP contribution in [0, 0.1) is 5.82 Å². The summed E-state index contributed by atoms with van der Waals surface area (Å²) in [4.78, 5) is 33.7. The third kappa shape index (κ3) is 4.46. The maximum atomic E-state index is 15.8. The molecule has 0 radical (unpaired) electrons. The number of carbonyl (C=O) groups is 1. The number of halogens is 1. The monoisotopic (exact) mass is 531 g/mol. The number of benzene rings is 2. The van der Waals surface area contributed by atoms with Gasteiger partial charge in [-0.05, 0) is 17.7 Å². The van der Waals surface area contributed by atoms with Crippen LogP contribution in [0.15, 0.2) is 64.3 Å². The van der Waals surface area contributed by atoms with Crippen LogP contribution in [0.3, 0.4) is 0 Å². The van der Waals surface area contributed by atoms with E-state index >= 15 is 4.39 Å². The number of nitrogens with one attached hydrogen (secondary N) is 3. The van der Waals surface area contributed by atoms with Crippen molar-refractivity contribution in [1.29, 1.82) is 0 Å². The molecular formula is C25H22FN9O4. The fourth-order valence-electron chi connectivity index (χ4n) is 4.54. The molecule has 1 amide bonds. The van der Waals surface area contributed by atoms with Crippen molar-refractivity contribution in [3.8, 4) is 11.5 Å². The van der Waals surface area contributed by atoms with Crippen LogP contribution in [0.1, 0.15) is 11.6 Å². The van der Waals surface area contributed by atoms with Crippen LogP contribution in [0.4, 0.5) is 21.8 Å². The molecule has 198 valence electrons. The van der Waals surface area contributed by atoms with E-state index in [0.29, 0.717) is 5.56 Å². The summed E-state index contributed by atoms with van der Waals surface area (Å²) >= 11 is 0. The summed E-state index contributed by atoms with van der Waals surface area (Å²) in [5.41, 5.74) is 0.816. The first-order chi connectivity index (χ1) is 19.0. The molecule has 4 heterocycles. The number of rotatable bonds is 7. The number of aliphatic hydroxyl groups excluding tert-OH is 1. The normalized spacial score (nSPS) is 13.9. The summed E-state index contributed by atoms with van der Waals surface area (Å²) < 4.78 is 23.8. The Morgan fingerprint density at radius 3 is 2.77 bits per heavy atom. The second-order valence-electron chi connectivity index (χ2n) is 8.77. The standard InChI is InChI=1S/C25H22FN9O4/c26-20-17(7-6-15-21(20)35-11-19(37)27-8-9-34(35)24(15)38)31-25-28-10-16(23-33-29-13-39-23)22(32-25)30-18(12-36)14-4-2-1-3-5-14/h1-7,10,13,18,36H,8-9,11-12H2,(H,27,37)(H2,28,30,31,32)/t18-/m1/s1. The van der Waals surface area contributed by atoms with Crippen molar-refractivity contribution in [2.75, 3.05) is 23.8 Å². The van der Waals surface area contributed by atoms with Crippen molar-refractivity contribution >= 4 is 34.3 Å². The smallest absolute Gasteiger partial charge is 0.274 e. The molecule has 1 atom stereocenters. The molecule has 0 saturated heterocycles. The molecule has 14 heteroatoms. The van der Waals surface area contributed by atoms with Crippen molar-refractivity contribution in [3.05, 3.63) is 76.8 Å². The van der Waals surface area contributed by atoms with Gasteiger partial charge in [-0.15, -0.1) is 10.2 Å². The first-order valence-corrected chi connectivity index (χ1v) is 12.0. The Labute approximate surface area is 219 Å². The minimum atomic E-state index is -0.727. The molecule has 1 aliphatic rings. The van der Waals surface area contributed by atoms with Crippen LogP contribution in [-0.2, 0) is 17.9 Å². The second kappa shape index (κ2) is 9.98. The number of amides is 1. The van der Waals surface area contributed by atoms with Gasteiger partial charge in [-0.2, -0.15) is 4.98 Å². The predicted octanol–water partition coefficient (Wildman–Crippen LogP) is 1.80. The summed E-state index contributed by atoms with van der Waals surface area (Å²) in [6.45, 7) is 0.0673. The average molecular weight is 532 g/mol. The molecule has 4 N–H and O–H groups in total. The molecule has 0 spiro atoms. The Kier molecular flexibility index (Phi) is 6.20. The highest BCUT2D eigenvalue weighted by atomic mass is 19.1. The van der Waals surface area contributed by atoms with Gasteiger partial charge >= 0.3 is 0 Å². The molecule has 39 heavy (non-hydrogen) atoms. The van der Waals surface area contributed by atoms with Crippen molar-refractivity contribution in [2.45, 2.75) is 19.1 Å². The Morgan fingerprint density at radius 1 is 1.15 bits per heavy atom. The van der Waals surface area contributed by atoms with Gasteiger partial charge in [0.05, 0.1) is 35.8 Å². The quantitative estimate of drug-likeness (QED) is 0.243. The third-order valence-electron chi connectivity index (χ3n) is 6.39. The molecule has 0 saturated carbocycles. The summed E-state index contributed by atoms with van der Waals surface area (Å²) in [6, 6.07) is 11.7. The van der Waals surface area contributed by atoms with E-state index in [2.05, 4.69) is 36.1 Å². The number of hydrogen-bond acceptors (Lipinski definition) is 10. The van der Waals surface area contributed by atoms with Gasteiger partial charge < -0.3 is 25.5 Å². The lowest BCUT2D eigenvalue weighted by molar-refractivity contribution is -0.121. The highest BCUT2D eigenvalue weighted by Crippen LogP contribution is 2.30. The lowest BCUT2D eigenvalue weighted by Gasteiger charge is -2.19. The summed E-state index contributed by atoms with van der Waals surface area (Å²) in [6.07, 6.45) is 2.60. The minimum absolute atomic E-state index is 0.00585. The zero-order chi connectivity index (χ0) is 26.9. The van der Waals surface area contributed by atoms with E-state index in [-0.39, 0.29) is 72.0 Å². The van der Waals surface area contributed by atoms with E-state index in [4.69, 9.17) is 4.42 Å². The summed E-state index contributed by atoms with van der Waals surface area (Å²) in [5, 5.41) is 26.6. The van der Waals surface area contributed by atoms with Crippen LogP contribution in [0.25, 0.3) is 22.4 Å². The average Bonchev–Trinajstić information content (AvgIpc) is 3.52. The number of aliphatic hydroxyl groups is 1. The SMILES string of the molecule is O=C1Cn2c3c(F)c(Nc4ncc(-c5nnco5)c(N[C@H](CO)c5ccccc5)n4)ccc3c(=O)n2CCN1. The first kappa shape index (κ1) is 24.2. The molecule has 13 nitrogen and oxygen atoms in total. The van der Waals surface area contributed by atoms with Gasteiger partial charge in [0.2, 0.25) is 18.2 Å². The van der Waals surface area contributed by atoms with Crippen LogP contribution < -0.4 is 21.5 Å². The molecule has 5 aromatic rings. The zero-order valence-electron chi connectivity index (χ0n) is 20.3. The van der Waals surface area contributed by atoms with E-state index in [1.54, 1.807) is 0 Å². The molecule has 3 aromatic heterocycles. The molecule has 2 aromatic carbocycles. The third-order valence-corrected chi connectivity index (χ3v) is 6.39. The van der Waals surface area contributed by atoms with Crippen molar-refractivity contribution in [3.63, 3.8) is 0 Å². The summed E-state index contributed by atoms with van der Waals surface area (Å²) in [7, 11) is 0. The number of hydrogen-bond donors (Lipinski definition) is 4. The highest BCUT2D eigenvalue weighted by molar-refractivity contribution is 5.86. The first-order valence-electron chi connectivity index (χ1n) is 12.0. The van der Waals surface area contributed by atoms with Crippen molar-refractivity contribution < 1.29 is 18.7 Å². The van der Waals surface area contributed by atoms with Gasteiger partial charge in [-0.25, -0.2) is 14.1 Å². The highest BCUT2D eigenvalue weighted by Gasteiger charge is 2.24. The number of anilines is 3. The lowest BCUT2D eigenvalue weighted by Crippen LogP contribution is -2.25.